The smallest absolute Gasteiger partial charge is 0.250 e. The van der Waals surface area contributed by atoms with E-state index in [4.69, 9.17) is 4.43 Å². The van der Waals surface area contributed by atoms with E-state index in [-0.39, 0.29) is 5.04 Å². The summed E-state index contributed by atoms with van der Waals surface area (Å²) < 4.78 is 6.30. The van der Waals surface area contributed by atoms with Crippen LogP contribution in [0.4, 0.5) is 0 Å². The predicted molar refractivity (Wildman–Crippen MR) is 80.9 cm³/mol. The average Bonchev–Trinajstić information content (AvgIpc) is 2.58. The predicted octanol–water partition coefficient (Wildman–Crippen LogP) is 4.86. The van der Waals surface area contributed by atoms with Crippen molar-refractivity contribution in [1.29, 1.82) is 0 Å². The zero-order valence-electron chi connectivity index (χ0n) is 12.2. The highest BCUT2D eigenvalue weighted by Crippen LogP contribution is 2.37. The van der Waals surface area contributed by atoms with Crippen molar-refractivity contribution in [2.45, 2.75) is 45.8 Å². The minimum Gasteiger partial charge on any atom is -0.543 e. The number of aryl methyl sites for hydroxylation is 1. The molecular weight excluding hydrogens is 238 g/mol. The summed E-state index contributed by atoms with van der Waals surface area (Å²) in [5.74, 6) is 0.982. The fraction of sp³-hybridized carbons (Fsp3) is 0.467. The van der Waals surface area contributed by atoms with Gasteiger partial charge in [-0.05, 0) is 42.8 Å². The maximum absolute atomic E-state index is 6.30. The van der Waals surface area contributed by atoms with E-state index < -0.39 is 8.32 Å². The number of hydrogen-bond donors (Lipinski definition) is 1. The van der Waals surface area contributed by atoms with Crippen LogP contribution < -0.4 is 4.43 Å². The fourth-order valence-electron chi connectivity index (χ4n) is 1.76. The van der Waals surface area contributed by atoms with E-state index >= 15 is 0 Å². The van der Waals surface area contributed by atoms with Crippen molar-refractivity contribution in [2.75, 3.05) is 0 Å². The van der Waals surface area contributed by atoms with E-state index in [0.717, 1.165) is 11.3 Å². The summed E-state index contributed by atoms with van der Waals surface area (Å²) in [5, 5.41) is 1.51. The maximum atomic E-state index is 6.30. The Morgan fingerprint density at radius 1 is 1.17 bits per heavy atom. The quantitative estimate of drug-likeness (QED) is 0.767. The van der Waals surface area contributed by atoms with Gasteiger partial charge in [0.15, 0.2) is 0 Å². The second-order valence-electron chi connectivity index (χ2n) is 6.54. The molecule has 18 heavy (non-hydrogen) atoms. The lowest BCUT2D eigenvalue weighted by Crippen LogP contribution is -2.43. The van der Waals surface area contributed by atoms with Crippen LogP contribution in [0.15, 0.2) is 24.4 Å². The van der Waals surface area contributed by atoms with Crippen molar-refractivity contribution in [2.24, 2.45) is 0 Å². The van der Waals surface area contributed by atoms with Crippen LogP contribution in [0.3, 0.4) is 0 Å². The third-order valence-electron chi connectivity index (χ3n) is 4.04. The van der Waals surface area contributed by atoms with Crippen molar-refractivity contribution < 1.29 is 4.43 Å². The summed E-state index contributed by atoms with van der Waals surface area (Å²) >= 11 is 0. The molecule has 0 saturated carbocycles. The third kappa shape index (κ3) is 2.32. The molecular formula is C15H23NOSi. The molecule has 0 aliphatic rings. The maximum Gasteiger partial charge on any atom is 0.250 e. The molecule has 0 bridgehead atoms. The molecule has 2 rings (SSSR count). The summed E-state index contributed by atoms with van der Waals surface area (Å²) in [6.07, 6.45) is 2.04. The molecule has 2 nitrogen and oxygen atoms in total. The first-order valence-corrected chi connectivity index (χ1v) is 9.38. The number of fused-ring (bicyclic) bond motifs is 1. The van der Waals surface area contributed by atoms with E-state index in [1.54, 1.807) is 0 Å². The largest absolute Gasteiger partial charge is 0.543 e. The Hall–Kier alpha value is -1.22. The monoisotopic (exact) mass is 261 g/mol. The number of hydrogen-bond acceptors (Lipinski definition) is 1. The summed E-state index contributed by atoms with van der Waals surface area (Å²) in [4.78, 5) is 3.29. The Morgan fingerprint density at radius 2 is 1.83 bits per heavy atom. The van der Waals surface area contributed by atoms with Gasteiger partial charge in [-0.2, -0.15) is 0 Å². The van der Waals surface area contributed by atoms with E-state index in [0.29, 0.717) is 0 Å². The summed E-state index contributed by atoms with van der Waals surface area (Å²) in [7, 11) is -1.74. The fourth-order valence-corrected chi connectivity index (χ4v) is 2.78. The molecule has 0 radical (unpaired) electrons. The first kappa shape index (κ1) is 13.2. The Balaban J connectivity index is 2.33. The molecule has 0 atom stereocenters. The SMILES string of the molecule is Cc1c[nH]c2cc(O[Si](C)(C)C(C)(C)C)ccc12. The molecule has 0 amide bonds. The highest BCUT2D eigenvalue weighted by Gasteiger charge is 2.38. The second kappa shape index (κ2) is 4.16. The third-order valence-corrected chi connectivity index (χ3v) is 8.40. The lowest BCUT2D eigenvalue weighted by atomic mass is 10.2. The molecule has 1 N–H and O–H groups in total. The lowest BCUT2D eigenvalue weighted by molar-refractivity contribution is 0.493. The molecule has 0 aliphatic heterocycles. The Morgan fingerprint density at radius 3 is 2.44 bits per heavy atom. The van der Waals surface area contributed by atoms with Crippen LogP contribution in [0, 0.1) is 6.92 Å². The number of rotatable bonds is 2. The van der Waals surface area contributed by atoms with Crippen molar-refractivity contribution in [3.63, 3.8) is 0 Å². The van der Waals surface area contributed by atoms with E-state index in [9.17, 15) is 0 Å². The molecule has 0 spiro atoms. The summed E-state index contributed by atoms with van der Waals surface area (Å²) in [6.45, 7) is 13.4. The molecule has 98 valence electrons. The highest BCUT2D eigenvalue weighted by molar-refractivity contribution is 6.74. The summed E-state index contributed by atoms with van der Waals surface area (Å²) in [6, 6.07) is 6.34. The van der Waals surface area contributed by atoms with E-state index in [2.05, 4.69) is 64.0 Å². The average molecular weight is 261 g/mol. The van der Waals surface area contributed by atoms with Gasteiger partial charge >= 0.3 is 0 Å². The van der Waals surface area contributed by atoms with Crippen LogP contribution in [-0.4, -0.2) is 13.3 Å². The number of H-pyrrole nitrogens is 1. The van der Waals surface area contributed by atoms with Crippen LogP contribution in [-0.2, 0) is 0 Å². The number of aromatic amines is 1. The van der Waals surface area contributed by atoms with Crippen LogP contribution in [0.5, 0.6) is 5.75 Å². The van der Waals surface area contributed by atoms with Gasteiger partial charge in [-0.3, -0.25) is 0 Å². The minimum atomic E-state index is -1.74. The summed E-state index contributed by atoms with van der Waals surface area (Å²) in [5.41, 5.74) is 2.44. The molecule has 2 aromatic rings. The van der Waals surface area contributed by atoms with Crippen LogP contribution >= 0.6 is 0 Å². The second-order valence-corrected chi connectivity index (χ2v) is 11.3. The van der Waals surface area contributed by atoms with Crippen LogP contribution in [0.1, 0.15) is 26.3 Å². The van der Waals surface area contributed by atoms with Gasteiger partial charge in [0.25, 0.3) is 0 Å². The normalized spacial score (nSPS) is 13.0. The van der Waals surface area contributed by atoms with Gasteiger partial charge in [0.2, 0.25) is 8.32 Å². The molecule has 1 aromatic carbocycles. The zero-order valence-corrected chi connectivity index (χ0v) is 13.2. The van der Waals surface area contributed by atoms with Gasteiger partial charge in [0.05, 0.1) is 0 Å². The molecule has 3 heteroatoms. The molecule has 0 unspecified atom stereocenters. The molecule has 1 aromatic heterocycles. The molecule has 0 saturated heterocycles. The van der Waals surface area contributed by atoms with Crippen molar-refractivity contribution in [1.82, 2.24) is 4.98 Å². The van der Waals surface area contributed by atoms with Crippen molar-refractivity contribution in [3.8, 4) is 5.75 Å². The first-order chi connectivity index (χ1) is 8.21. The van der Waals surface area contributed by atoms with Crippen LogP contribution in [0.25, 0.3) is 10.9 Å². The Kier molecular flexibility index (Phi) is 3.05. The Bertz CT molecular complexity index is 563. The number of nitrogens with one attached hydrogen (secondary N) is 1. The minimum absolute atomic E-state index is 0.230. The Labute approximate surface area is 110 Å². The molecule has 0 fully saturated rings. The standard InChI is InChI=1S/C15H23NOSi/c1-11-10-16-14-9-12(7-8-13(11)14)17-18(5,6)15(2,3)4/h7-10,16H,1-6H3. The topological polar surface area (TPSA) is 25.0 Å². The van der Waals surface area contributed by atoms with Gasteiger partial charge in [0.1, 0.15) is 5.75 Å². The van der Waals surface area contributed by atoms with Gasteiger partial charge in [-0.1, -0.05) is 20.8 Å². The van der Waals surface area contributed by atoms with Gasteiger partial charge in [-0.25, -0.2) is 0 Å². The molecule has 0 aliphatic carbocycles. The molecule has 1 heterocycles. The van der Waals surface area contributed by atoms with Gasteiger partial charge < -0.3 is 9.41 Å². The van der Waals surface area contributed by atoms with Crippen LogP contribution in [0.2, 0.25) is 18.1 Å². The number of benzene rings is 1. The van der Waals surface area contributed by atoms with Gasteiger partial charge in [-0.15, -0.1) is 0 Å². The van der Waals surface area contributed by atoms with E-state index in [1.165, 1.54) is 10.9 Å². The highest BCUT2D eigenvalue weighted by atomic mass is 28.4. The zero-order chi connectivity index (χ0) is 13.6. The van der Waals surface area contributed by atoms with Crippen molar-refractivity contribution >= 4 is 19.2 Å². The van der Waals surface area contributed by atoms with E-state index in [1.807, 2.05) is 6.20 Å². The van der Waals surface area contributed by atoms with Crippen molar-refractivity contribution in [3.05, 3.63) is 30.0 Å². The first-order valence-electron chi connectivity index (χ1n) is 6.47. The lowest BCUT2D eigenvalue weighted by Gasteiger charge is -2.36. The number of aromatic nitrogens is 1. The van der Waals surface area contributed by atoms with Gasteiger partial charge in [0, 0.05) is 23.2 Å².